The maximum Gasteiger partial charge on any atom is 0.157 e. The highest BCUT2D eigenvalue weighted by Crippen LogP contribution is 2.01. The molecule has 0 aliphatic rings. The van der Waals surface area contributed by atoms with E-state index in [1.807, 2.05) is 0 Å². The van der Waals surface area contributed by atoms with E-state index >= 15 is 0 Å². The predicted molar refractivity (Wildman–Crippen MR) is 41.8 cm³/mol. The van der Waals surface area contributed by atoms with Gasteiger partial charge in [-0.3, -0.25) is 4.98 Å². The first-order valence-corrected chi connectivity index (χ1v) is 3.52. The third-order valence-corrected chi connectivity index (χ3v) is 1.20. The molecule has 0 aliphatic heterocycles. The van der Waals surface area contributed by atoms with Gasteiger partial charge in [-0.15, -0.1) is 11.6 Å². The van der Waals surface area contributed by atoms with Crippen LogP contribution in [0.25, 0.3) is 0 Å². The van der Waals surface area contributed by atoms with Gasteiger partial charge >= 0.3 is 0 Å². The van der Waals surface area contributed by atoms with Crippen LogP contribution >= 0.6 is 11.6 Å². The van der Waals surface area contributed by atoms with E-state index < -0.39 is 5.82 Å². The van der Waals surface area contributed by atoms with Crippen molar-refractivity contribution in [3.8, 4) is 11.8 Å². The lowest BCUT2D eigenvalue weighted by Gasteiger charge is -1.89. The first-order chi connectivity index (χ1) is 5.34. The summed E-state index contributed by atoms with van der Waals surface area (Å²) in [5, 5.41) is 0. The summed E-state index contributed by atoms with van der Waals surface area (Å²) in [5.41, 5.74) is 0.334. The third-order valence-electron chi connectivity index (χ3n) is 1.06. The first-order valence-electron chi connectivity index (χ1n) is 2.99. The van der Waals surface area contributed by atoms with Crippen molar-refractivity contribution in [3.63, 3.8) is 0 Å². The van der Waals surface area contributed by atoms with Gasteiger partial charge in [0.15, 0.2) is 5.82 Å². The summed E-state index contributed by atoms with van der Waals surface area (Å²) in [6, 6.07) is 1.51. The lowest BCUT2D eigenvalue weighted by molar-refractivity contribution is 0.618. The minimum absolute atomic E-state index is 0.210. The minimum atomic E-state index is -0.412. The molecule has 1 rings (SSSR count). The van der Waals surface area contributed by atoms with Crippen LogP contribution in [-0.2, 0) is 0 Å². The number of hydrogen-bond acceptors (Lipinski definition) is 1. The highest BCUT2D eigenvalue weighted by Gasteiger charge is 1.94. The number of halogens is 2. The lowest BCUT2D eigenvalue weighted by Crippen LogP contribution is -1.83. The molecule has 0 saturated carbocycles. The van der Waals surface area contributed by atoms with Gasteiger partial charge < -0.3 is 0 Å². The normalized spacial score (nSPS) is 8.55. The van der Waals surface area contributed by atoms with Gasteiger partial charge in [0.2, 0.25) is 0 Å². The van der Waals surface area contributed by atoms with Gasteiger partial charge in [-0.25, -0.2) is 4.39 Å². The molecule has 3 heteroatoms. The average molecular weight is 170 g/mol. The molecule has 0 bridgehead atoms. The van der Waals surface area contributed by atoms with Crippen molar-refractivity contribution in [2.75, 3.05) is 5.88 Å². The average Bonchev–Trinajstić information content (AvgIpc) is 2.03. The number of aromatic nitrogens is 1. The van der Waals surface area contributed by atoms with E-state index in [-0.39, 0.29) is 5.88 Å². The fourth-order valence-corrected chi connectivity index (χ4v) is 0.672. The molecule has 1 aromatic heterocycles. The standard InChI is InChI=1S/C8H5ClFN/c9-4-1-2-7-3-5-11-6-8(7)10/h3,5-6H,4H2. The molecule has 56 valence electrons. The van der Waals surface area contributed by atoms with Crippen molar-refractivity contribution in [3.05, 3.63) is 29.8 Å². The second-order valence-corrected chi connectivity index (χ2v) is 2.06. The van der Waals surface area contributed by atoms with Crippen LogP contribution in [0.15, 0.2) is 18.5 Å². The molecule has 1 heterocycles. The highest BCUT2D eigenvalue weighted by atomic mass is 35.5. The summed E-state index contributed by atoms with van der Waals surface area (Å²) in [7, 11) is 0. The summed E-state index contributed by atoms with van der Waals surface area (Å²) < 4.78 is 12.7. The molecule has 0 fully saturated rings. The number of pyridine rings is 1. The molecule has 11 heavy (non-hydrogen) atoms. The monoisotopic (exact) mass is 169 g/mol. The smallest absolute Gasteiger partial charge is 0.157 e. The molecule has 0 unspecified atom stereocenters. The van der Waals surface area contributed by atoms with Gasteiger partial charge in [-0.1, -0.05) is 11.8 Å². The lowest BCUT2D eigenvalue weighted by atomic mass is 10.3. The molecule has 0 amide bonds. The van der Waals surface area contributed by atoms with E-state index in [2.05, 4.69) is 16.8 Å². The fourth-order valence-electron chi connectivity index (χ4n) is 0.605. The Morgan fingerprint density at radius 3 is 3.09 bits per heavy atom. The second-order valence-electron chi connectivity index (χ2n) is 1.79. The highest BCUT2D eigenvalue weighted by molar-refractivity contribution is 6.19. The Hall–Kier alpha value is -1.07. The largest absolute Gasteiger partial charge is 0.262 e. The summed E-state index contributed by atoms with van der Waals surface area (Å²) in [4.78, 5) is 3.58. The number of nitrogens with zero attached hydrogens (tertiary/aromatic N) is 1. The van der Waals surface area contributed by atoms with Gasteiger partial charge in [0.1, 0.15) is 0 Å². The van der Waals surface area contributed by atoms with Gasteiger partial charge in [0.25, 0.3) is 0 Å². The van der Waals surface area contributed by atoms with Crippen molar-refractivity contribution in [1.82, 2.24) is 4.98 Å². The van der Waals surface area contributed by atoms with E-state index in [0.29, 0.717) is 5.56 Å². The van der Waals surface area contributed by atoms with Crippen LogP contribution in [0.1, 0.15) is 5.56 Å². The minimum Gasteiger partial charge on any atom is -0.262 e. The van der Waals surface area contributed by atoms with Crippen molar-refractivity contribution in [2.24, 2.45) is 0 Å². The maximum atomic E-state index is 12.7. The fraction of sp³-hybridized carbons (Fsp3) is 0.125. The van der Waals surface area contributed by atoms with Crippen molar-refractivity contribution >= 4 is 11.6 Å². The molecule has 0 N–H and O–H groups in total. The van der Waals surface area contributed by atoms with E-state index in [9.17, 15) is 4.39 Å². The molecular weight excluding hydrogens is 165 g/mol. The Labute approximate surface area is 69.2 Å². The van der Waals surface area contributed by atoms with Crippen LogP contribution in [-0.4, -0.2) is 10.9 Å². The zero-order valence-corrected chi connectivity index (χ0v) is 6.40. The Morgan fingerprint density at radius 1 is 1.64 bits per heavy atom. The molecule has 0 spiro atoms. The molecule has 1 aromatic rings. The van der Waals surface area contributed by atoms with Gasteiger partial charge in [-0.2, -0.15) is 0 Å². The van der Waals surface area contributed by atoms with Crippen LogP contribution in [0.4, 0.5) is 4.39 Å². The van der Waals surface area contributed by atoms with Crippen LogP contribution < -0.4 is 0 Å². The van der Waals surface area contributed by atoms with Gasteiger partial charge in [-0.05, 0) is 6.07 Å². The molecule has 0 aromatic carbocycles. The Kier molecular flexibility index (Phi) is 2.88. The quantitative estimate of drug-likeness (QED) is 0.427. The van der Waals surface area contributed by atoms with Crippen LogP contribution in [0.5, 0.6) is 0 Å². The summed E-state index contributed by atoms with van der Waals surface area (Å²) >= 11 is 5.29. The third kappa shape index (κ3) is 2.21. The molecule has 0 aliphatic carbocycles. The van der Waals surface area contributed by atoms with E-state index in [1.54, 1.807) is 0 Å². The van der Waals surface area contributed by atoms with Crippen LogP contribution in [0.3, 0.4) is 0 Å². The number of alkyl halides is 1. The molecule has 1 nitrogen and oxygen atoms in total. The predicted octanol–water partition coefficient (Wildman–Crippen LogP) is 1.81. The van der Waals surface area contributed by atoms with E-state index in [0.717, 1.165) is 6.20 Å². The summed E-state index contributed by atoms with van der Waals surface area (Å²) in [6.07, 6.45) is 2.61. The van der Waals surface area contributed by atoms with E-state index in [1.165, 1.54) is 12.3 Å². The van der Waals surface area contributed by atoms with Crippen molar-refractivity contribution in [2.45, 2.75) is 0 Å². The Balaban J connectivity index is 2.95. The number of rotatable bonds is 0. The number of hydrogen-bond donors (Lipinski definition) is 0. The second kappa shape index (κ2) is 3.95. The summed E-state index contributed by atoms with van der Waals surface area (Å²) in [6.45, 7) is 0. The zero-order chi connectivity index (χ0) is 8.10. The van der Waals surface area contributed by atoms with Gasteiger partial charge in [0.05, 0.1) is 17.6 Å². The zero-order valence-electron chi connectivity index (χ0n) is 5.64. The Bertz CT molecular complexity index is 300. The molecule has 0 saturated heterocycles. The topological polar surface area (TPSA) is 12.9 Å². The molecular formula is C8H5ClFN. The van der Waals surface area contributed by atoms with Crippen molar-refractivity contribution < 1.29 is 4.39 Å². The van der Waals surface area contributed by atoms with Crippen LogP contribution in [0.2, 0.25) is 0 Å². The first kappa shape index (κ1) is 8.03. The summed E-state index contributed by atoms with van der Waals surface area (Å²) in [5.74, 6) is 4.92. The maximum absolute atomic E-state index is 12.7. The van der Waals surface area contributed by atoms with Gasteiger partial charge in [0, 0.05) is 6.20 Å². The molecule has 0 radical (unpaired) electrons. The van der Waals surface area contributed by atoms with E-state index in [4.69, 9.17) is 11.6 Å². The Morgan fingerprint density at radius 2 is 2.45 bits per heavy atom. The van der Waals surface area contributed by atoms with Crippen molar-refractivity contribution in [1.29, 1.82) is 0 Å². The van der Waals surface area contributed by atoms with Crippen LogP contribution in [0, 0.1) is 17.7 Å². The SMILES string of the molecule is Fc1cnccc1C#CCCl. The molecule has 0 atom stereocenters.